The first-order valence-electron chi connectivity index (χ1n) is 5.35. The maximum absolute atomic E-state index is 5.55. The van der Waals surface area contributed by atoms with E-state index in [0.29, 0.717) is 6.10 Å². The van der Waals surface area contributed by atoms with Crippen LogP contribution >= 0.6 is 0 Å². The highest BCUT2D eigenvalue weighted by molar-refractivity contribution is 4.71. The van der Waals surface area contributed by atoms with Crippen LogP contribution in [0.5, 0.6) is 0 Å². The van der Waals surface area contributed by atoms with Crippen LogP contribution in [-0.4, -0.2) is 50.8 Å². The van der Waals surface area contributed by atoms with Gasteiger partial charge in [0.05, 0.1) is 12.7 Å². The van der Waals surface area contributed by atoms with Gasteiger partial charge in [-0.25, -0.2) is 0 Å². The van der Waals surface area contributed by atoms with E-state index >= 15 is 0 Å². The average molecular weight is 188 g/mol. The molecule has 1 N–H and O–H groups in total. The van der Waals surface area contributed by atoms with Gasteiger partial charge in [-0.3, -0.25) is 4.90 Å². The van der Waals surface area contributed by atoms with Gasteiger partial charge in [-0.2, -0.15) is 0 Å². The average Bonchev–Trinajstić information content (AvgIpc) is 2.22. The molecule has 1 rings (SSSR count). The summed E-state index contributed by atoms with van der Waals surface area (Å²) < 4.78 is 5.55. The lowest BCUT2D eigenvalue weighted by Crippen LogP contribution is -2.45. The molecular weight excluding hydrogens is 164 g/mol. The molecule has 1 aliphatic heterocycles. The summed E-state index contributed by atoms with van der Waals surface area (Å²) in [5, 5.41) is 3.13. The summed E-state index contributed by atoms with van der Waals surface area (Å²) in [6.45, 7) is 11.4. The summed E-state index contributed by atoms with van der Waals surface area (Å²) in [4.78, 5) is 2.42. The highest BCUT2D eigenvalue weighted by Gasteiger charge is 2.17. The summed E-state index contributed by atoms with van der Waals surface area (Å²) in [7, 11) is 1.97. The lowest BCUT2D eigenvalue weighted by molar-refractivity contribution is -0.0244. The lowest BCUT2D eigenvalue weighted by atomic mass is 10.3. The number of hydrogen-bond donors (Lipinski definition) is 1. The van der Waals surface area contributed by atoms with Gasteiger partial charge in [-0.15, -0.1) is 0 Å². The second-order valence-electron chi connectivity index (χ2n) is 2.94. The summed E-state index contributed by atoms with van der Waals surface area (Å²) in [6, 6.07) is 0. The Kier molecular flexibility index (Phi) is 8.40. The van der Waals surface area contributed by atoms with Crippen molar-refractivity contribution in [1.82, 2.24) is 10.2 Å². The molecule has 3 nitrogen and oxygen atoms in total. The molecule has 1 fully saturated rings. The quantitative estimate of drug-likeness (QED) is 0.714. The maximum Gasteiger partial charge on any atom is 0.0826 e. The van der Waals surface area contributed by atoms with Crippen LogP contribution in [0.4, 0.5) is 0 Å². The molecule has 1 atom stereocenters. The first-order chi connectivity index (χ1) is 6.36. The molecule has 0 aliphatic carbocycles. The molecule has 0 aromatic rings. The second-order valence-corrected chi connectivity index (χ2v) is 2.94. The fraction of sp³-hybridized carbons (Fsp3) is 1.00. The van der Waals surface area contributed by atoms with E-state index in [-0.39, 0.29) is 0 Å². The zero-order chi connectivity index (χ0) is 10.1. The third-order valence-electron chi connectivity index (χ3n) is 2.10. The van der Waals surface area contributed by atoms with Crippen LogP contribution in [0.2, 0.25) is 0 Å². The van der Waals surface area contributed by atoms with E-state index in [1.807, 2.05) is 20.9 Å². The summed E-state index contributed by atoms with van der Waals surface area (Å²) in [6.07, 6.45) is 0.397. The Hall–Kier alpha value is -0.120. The zero-order valence-corrected chi connectivity index (χ0v) is 9.47. The first-order valence-corrected chi connectivity index (χ1v) is 5.35. The molecule has 1 aliphatic rings. The Bertz CT molecular complexity index is 107. The molecule has 3 heteroatoms. The summed E-state index contributed by atoms with van der Waals surface area (Å²) >= 11 is 0. The fourth-order valence-corrected chi connectivity index (χ4v) is 1.42. The Labute approximate surface area is 82.4 Å². The second kappa shape index (κ2) is 8.48. The van der Waals surface area contributed by atoms with Gasteiger partial charge in [0.25, 0.3) is 0 Å². The number of rotatable bonds is 3. The monoisotopic (exact) mass is 188 g/mol. The molecule has 1 saturated heterocycles. The molecule has 13 heavy (non-hydrogen) atoms. The normalized spacial score (nSPS) is 23.5. The van der Waals surface area contributed by atoms with Crippen molar-refractivity contribution in [3.05, 3.63) is 0 Å². The molecular formula is C10H24N2O. The van der Waals surface area contributed by atoms with E-state index in [1.54, 1.807) is 0 Å². The Morgan fingerprint density at radius 1 is 1.46 bits per heavy atom. The number of hydrogen-bond acceptors (Lipinski definition) is 3. The van der Waals surface area contributed by atoms with Gasteiger partial charge in [0.2, 0.25) is 0 Å². The van der Waals surface area contributed by atoms with E-state index in [0.717, 1.165) is 32.8 Å². The first kappa shape index (κ1) is 12.9. The minimum Gasteiger partial charge on any atom is -0.374 e. The van der Waals surface area contributed by atoms with Crippen molar-refractivity contribution in [1.29, 1.82) is 0 Å². The topological polar surface area (TPSA) is 24.5 Å². The van der Waals surface area contributed by atoms with E-state index in [2.05, 4.69) is 17.1 Å². The Morgan fingerprint density at radius 2 is 2.15 bits per heavy atom. The smallest absolute Gasteiger partial charge is 0.0826 e. The maximum atomic E-state index is 5.55. The van der Waals surface area contributed by atoms with Crippen molar-refractivity contribution in [3.8, 4) is 0 Å². The highest BCUT2D eigenvalue weighted by atomic mass is 16.5. The number of nitrogens with one attached hydrogen (secondary N) is 1. The molecule has 1 unspecified atom stereocenters. The molecule has 0 amide bonds. The predicted molar refractivity (Wildman–Crippen MR) is 57.1 cm³/mol. The van der Waals surface area contributed by atoms with Gasteiger partial charge in [0, 0.05) is 19.6 Å². The fourth-order valence-electron chi connectivity index (χ4n) is 1.42. The molecule has 0 saturated carbocycles. The van der Waals surface area contributed by atoms with E-state index in [4.69, 9.17) is 4.74 Å². The number of likely N-dealkylation sites (N-methyl/N-ethyl adjacent to an activating group) is 2. The van der Waals surface area contributed by atoms with E-state index in [9.17, 15) is 0 Å². The number of ether oxygens (including phenoxy) is 1. The van der Waals surface area contributed by atoms with E-state index < -0.39 is 0 Å². The number of morpholine rings is 1. The highest BCUT2D eigenvalue weighted by Crippen LogP contribution is 2.02. The minimum atomic E-state index is 0.397. The third-order valence-corrected chi connectivity index (χ3v) is 2.10. The summed E-state index contributed by atoms with van der Waals surface area (Å²) in [5.41, 5.74) is 0. The van der Waals surface area contributed by atoms with Crippen LogP contribution in [0.25, 0.3) is 0 Å². The lowest BCUT2D eigenvalue weighted by Gasteiger charge is -2.31. The van der Waals surface area contributed by atoms with E-state index in [1.165, 1.54) is 0 Å². The zero-order valence-electron chi connectivity index (χ0n) is 9.47. The third kappa shape index (κ3) is 5.24. The van der Waals surface area contributed by atoms with Crippen molar-refractivity contribution in [3.63, 3.8) is 0 Å². The van der Waals surface area contributed by atoms with Crippen LogP contribution in [0.1, 0.15) is 20.8 Å². The molecule has 0 bridgehead atoms. The molecule has 0 spiro atoms. The minimum absolute atomic E-state index is 0.397. The number of nitrogens with zero attached hydrogens (tertiary/aromatic N) is 1. The molecule has 0 aromatic heterocycles. The Morgan fingerprint density at radius 3 is 2.69 bits per heavy atom. The van der Waals surface area contributed by atoms with Gasteiger partial charge in [-0.05, 0) is 13.6 Å². The van der Waals surface area contributed by atoms with Crippen molar-refractivity contribution >= 4 is 0 Å². The standard InChI is InChI=1S/C8H18N2O.C2H6/c1-3-10-4-5-11-8(7-10)6-9-2;1-2/h8-9H,3-7H2,1-2H3;1-2H3. The van der Waals surface area contributed by atoms with Crippen LogP contribution in [0.3, 0.4) is 0 Å². The van der Waals surface area contributed by atoms with Crippen LogP contribution in [0, 0.1) is 0 Å². The van der Waals surface area contributed by atoms with Gasteiger partial charge in [0.15, 0.2) is 0 Å². The van der Waals surface area contributed by atoms with Crippen molar-refractivity contribution in [2.75, 3.05) is 39.8 Å². The van der Waals surface area contributed by atoms with Gasteiger partial charge < -0.3 is 10.1 Å². The Balaban J connectivity index is 0.000000671. The van der Waals surface area contributed by atoms with Gasteiger partial charge in [0.1, 0.15) is 0 Å². The van der Waals surface area contributed by atoms with Crippen molar-refractivity contribution in [2.45, 2.75) is 26.9 Å². The molecule has 1 heterocycles. The predicted octanol–water partition coefficient (Wildman–Crippen LogP) is 0.953. The van der Waals surface area contributed by atoms with Gasteiger partial charge >= 0.3 is 0 Å². The SMILES string of the molecule is CC.CCN1CCOC(CNC)C1. The van der Waals surface area contributed by atoms with Crippen LogP contribution in [-0.2, 0) is 4.74 Å². The molecule has 0 aromatic carbocycles. The molecule has 0 radical (unpaired) electrons. The molecule has 80 valence electrons. The van der Waals surface area contributed by atoms with Crippen molar-refractivity contribution in [2.24, 2.45) is 0 Å². The van der Waals surface area contributed by atoms with Gasteiger partial charge in [-0.1, -0.05) is 20.8 Å². The van der Waals surface area contributed by atoms with Crippen molar-refractivity contribution < 1.29 is 4.74 Å². The summed E-state index contributed by atoms with van der Waals surface area (Å²) in [5.74, 6) is 0. The largest absolute Gasteiger partial charge is 0.374 e. The van der Waals surface area contributed by atoms with Crippen LogP contribution < -0.4 is 5.32 Å². The van der Waals surface area contributed by atoms with Crippen LogP contribution in [0.15, 0.2) is 0 Å².